The maximum absolute atomic E-state index is 13.4. The maximum Gasteiger partial charge on any atom is 0.244 e. The first-order valence-corrected chi connectivity index (χ1v) is 10.0. The molecule has 1 aromatic carbocycles. The maximum atomic E-state index is 13.4. The molecule has 1 aliphatic heterocycles. The standard InChI is InChI=1S/C17H22F2N2O4S/c18-15-5-3-6-16(19)14(15)7-8-17(22)20-9-11-26(23,24)21-12-13-4-1-2-10-25-13/h3,5-8,13,21H,1-2,4,9-12H2,(H,20,22)/b8-7+. The lowest BCUT2D eigenvalue weighted by Gasteiger charge is -2.22. The number of halogens is 2. The minimum Gasteiger partial charge on any atom is -0.377 e. The zero-order valence-corrected chi connectivity index (χ0v) is 15.0. The molecule has 0 radical (unpaired) electrons. The van der Waals surface area contributed by atoms with Crippen molar-refractivity contribution in [3.05, 3.63) is 41.5 Å². The van der Waals surface area contributed by atoms with E-state index in [1.54, 1.807) is 0 Å². The van der Waals surface area contributed by atoms with Gasteiger partial charge in [-0.25, -0.2) is 21.9 Å². The van der Waals surface area contributed by atoms with Crippen LogP contribution in [0.15, 0.2) is 24.3 Å². The number of carbonyl (C=O) groups is 1. The van der Waals surface area contributed by atoms with Crippen molar-refractivity contribution in [2.75, 3.05) is 25.4 Å². The summed E-state index contributed by atoms with van der Waals surface area (Å²) in [5, 5.41) is 2.36. The van der Waals surface area contributed by atoms with Crippen LogP contribution in [-0.2, 0) is 19.6 Å². The fourth-order valence-electron chi connectivity index (χ4n) is 2.46. The average molecular weight is 388 g/mol. The number of ether oxygens (including phenoxy) is 1. The molecule has 1 heterocycles. The van der Waals surface area contributed by atoms with Crippen LogP contribution in [0.2, 0.25) is 0 Å². The van der Waals surface area contributed by atoms with Gasteiger partial charge in [-0.05, 0) is 37.5 Å². The molecule has 1 aliphatic rings. The van der Waals surface area contributed by atoms with Crippen molar-refractivity contribution in [3.63, 3.8) is 0 Å². The fourth-order valence-corrected chi connectivity index (χ4v) is 3.41. The van der Waals surface area contributed by atoms with Crippen LogP contribution in [-0.4, -0.2) is 45.9 Å². The van der Waals surface area contributed by atoms with Crippen LogP contribution in [0.3, 0.4) is 0 Å². The van der Waals surface area contributed by atoms with E-state index in [0.717, 1.165) is 43.5 Å². The zero-order chi connectivity index (χ0) is 19.0. The summed E-state index contributed by atoms with van der Waals surface area (Å²) in [6.45, 7) is 0.726. The van der Waals surface area contributed by atoms with Gasteiger partial charge in [0.15, 0.2) is 0 Å². The summed E-state index contributed by atoms with van der Waals surface area (Å²) in [5.74, 6) is -2.51. The van der Waals surface area contributed by atoms with Crippen LogP contribution in [0.25, 0.3) is 6.08 Å². The van der Waals surface area contributed by atoms with E-state index < -0.39 is 27.6 Å². The van der Waals surface area contributed by atoms with E-state index in [1.165, 1.54) is 6.07 Å². The lowest BCUT2D eigenvalue weighted by molar-refractivity contribution is -0.116. The Bertz CT molecular complexity index is 727. The molecule has 9 heteroatoms. The minimum atomic E-state index is -3.55. The third kappa shape index (κ3) is 6.81. The van der Waals surface area contributed by atoms with E-state index in [-0.39, 0.29) is 30.5 Å². The van der Waals surface area contributed by atoms with Gasteiger partial charge in [0, 0.05) is 31.3 Å². The number of sulfonamides is 1. The van der Waals surface area contributed by atoms with Gasteiger partial charge in [0.25, 0.3) is 0 Å². The molecular formula is C17H22F2N2O4S. The molecule has 1 amide bonds. The molecule has 0 saturated carbocycles. The monoisotopic (exact) mass is 388 g/mol. The van der Waals surface area contributed by atoms with Crippen LogP contribution >= 0.6 is 0 Å². The zero-order valence-electron chi connectivity index (χ0n) is 14.2. The number of amides is 1. The first-order chi connectivity index (χ1) is 12.4. The molecule has 1 atom stereocenters. The Morgan fingerprint density at radius 3 is 2.65 bits per heavy atom. The molecule has 144 valence electrons. The number of benzene rings is 1. The quantitative estimate of drug-likeness (QED) is 0.663. The van der Waals surface area contributed by atoms with Gasteiger partial charge in [-0.2, -0.15) is 0 Å². The fraction of sp³-hybridized carbons (Fsp3) is 0.471. The summed E-state index contributed by atoms with van der Waals surface area (Å²) in [7, 11) is -3.55. The average Bonchev–Trinajstić information content (AvgIpc) is 2.60. The van der Waals surface area contributed by atoms with Crippen LogP contribution in [0, 0.1) is 11.6 Å². The highest BCUT2D eigenvalue weighted by Gasteiger charge is 2.17. The summed E-state index contributed by atoms with van der Waals surface area (Å²) >= 11 is 0. The third-order valence-electron chi connectivity index (χ3n) is 3.88. The topological polar surface area (TPSA) is 84.5 Å². The Morgan fingerprint density at radius 1 is 1.27 bits per heavy atom. The molecule has 1 unspecified atom stereocenters. The second-order valence-electron chi connectivity index (χ2n) is 5.92. The van der Waals surface area contributed by atoms with E-state index in [0.29, 0.717) is 6.61 Å². The molecule has 26 heavy (non-hydrogen) atoms. The summed E-state index contributed by atoms with van der Waals surface area (Å²) < 4.78 is 58.5. The molecule has 6 nitrogen and oxygen atoms in total. The van der Waals surface area contributed by atoms with Crippen LogP contribution < -0.4 is 10.0 Å². The SMILES string of the molecule is O=C(/C=C/c1c(F)cccc1F)NCCS(=O)(=O)NCC1CCCCO1. The minimum absolute atomic E-state index is 0.119. The lowest BCUT2D eigenvalue weighted by atomic mass is 10.1. The van der Waals surface area contributed by atoms with E-state index in [1.807, 2.05) is 0 Å². The van der Waals surface area contributed by atoms with E-state index in [9.17, 15) is 22.0 Å². The van der Waals surface area contributed by atoms with E-state index >= 15 is 0 Å². The Kier molecular flexibility index (Phi) is 7.67. The van der Waals surface area contributed by atoms with Crippen LogP contribution in [0.4, 0.5) is 8.78 Å². The Labute approximate surface area is 151 Å². The van der Waals surface area contributed by atoms with Crippen molar-refractivity contribution >= 4 is 22.0 Å². The Balaban J connectivity index is 1.73. The molecule has 1 saturated heterocycles. The summed E-state index contributed by atoms with van der Waals surface area (Å²) in [5.41, 5.74) is -0.329. The van der Waals surface area contributed by atoms with Gasteiger partial charge < -0.3 is 10.1 Å². The highest BCUT2D eigenvalue weighted by atomic mass is 32.2. The Hall–Kier alpha value is -1.84. The smallest absolute Gasteiger partial charge is 0.244 e. The molecule has 0 aromatic heterocycles. The van der Waals surface area contributed by atoms with Gasteiger partial charge in [0.1, 0.15) is 11.6 Å². The van der Waals surface area contributed by atoms with Crippen molar-refractivity contribution in [2.24, 2.45) is 0 Å². The number of hydrogen-bond acceptors (Lipinski definition) is 4. The number of rotatable bonds is 8. The lowest BCUT2D eigenvalue weighted by Crippen LogP contribution is -2.39. The molecule has 1 aromatic rings. The summed E-state index contributed by atoms with van der Waals surface area (Å²) in [6.07, 6.45) is 4.66. The predicted octanol–water partition coefficient (Wildman–Crippen LogP) is 1.58. The highest BCUT2D eigenvalue weighted by molar-refractivity contribution is 7.89. The number of carbonyl (C=O) groups excluding carboxylic acids is 1. The Morgan fingerprint density at radius 2 is 2.00 bits per heavy atom. The molecule has 0 bridgehead atoms. The van der Waals surface area contributed by atoms with Crippen molar-refractivity contribution < 1.29 is 26.7 Å². The van der Waals surface area contributed by atoms with Gasteiger partial charge in [-0.15, -0.1) is 0 Å². The van der Waals surface area contributed by atoms with Crippen molar-refractivity contribution in [2.45, 2.75) is 25.4 Å². The second-order valence-corrected chi connectivity index (χ2v) is 7.84. The van der Waals surface area contributed by atoms with Crippen molar-refractivity contribution in [1.82, 2.24) is 10.0 Å². The first kappa shape index (κ1) is 20.5. The van der Waals surface area contributed by atoms with Crippen molar-refractivity contribution in [1.29, 1.82) is 0 Å². The molecule has 0 aliphatic carbocycles. The summed E-state index contributed by atoms with van der Waals surface area (Å²) in [4.78, 5) is 11.7. The third-order valence-corrected chi connectivity index (χ3v) is 5.22. The van der Waals surface area contributed by atoms with Gasteiger partial charge in [0.05, 0.1) is 11.9 Å². The normalized spacial score (nSPS) is 18.2. The van der Waals surface area contributed by atoms with Gasteiger partial charge in [-0.3, -0.25) is 4.79 Å². The largest absolute Gasteiger partial charge is 0.377 e. The van der Waals surface area contributed by atoms with E-state index in [2.05, 4.69) is 10.0 Å². The van der Waals surface area contributed by atoms with Crippen LogP contribution in [0.5, 0.6) is 0 Å². The molecule has 2 N–H and O–H groups in total. The van der Waals surface area contributed by atoms with Crippen LogP contribution in [0.1, 0.15) is 24.8 Å². The molecule has 0 spiro atoms. The van der Waals surface area contributed by atoms with Gasteiger partial charge >= 0.3 is 0 Å². The molecule has 1 fully saturated rings. The van der Waals surface area contributed by atoms with Gasteiger partial charge in [0.2, 0.25) is 15.9 Å². The highest BCUT2D eigenvalue weighted by Crippen LogP contribution is 2.13. The predicted molar refractivity (Wildman–Crippen MR) is 93.8 cm³/mol. The molecular weight excluding hydrogens is 366 g/mol. The van der Waals surface area contributed by atoms with E-state index in [4.69, 9.17) is 4.74 Å². The number of nitrogens with one attached hydrogen (secondary N) is 2. The van der Waals surface area contributed by atoms with Crippen molar-refractivity contribution in [3.8, 4) is 0 Å². The number of hydrogen-bond donors (Lipinski definition) is 2. The first-order valence-electron chi connectivity index (χ1n) is 8.36. The molecule has 2 rings (SSSR count). The van der Waals surface area contributed by atoms with Gasteiger partial charge in [-0.1, -0.05) is 6.07 Å². The second kappa shape index (κ2) is 9.75. The summed E-state index contributed by atoms with van der Waals surface area (Å²) in [6, 6.07) is 3.38.